The molecule has 2 aromatic rings. The van der Waals surface area contributed by atoms with Crippen molar-refractivity contribution in [2.24, 2.45) is 12.0 Å². The van der Waals surface area contributed by atoms with Gasteiger partial charge in [-0.25, -0.2) is 0 Å². The Bertz CT molecular complexity index is 780. The second-order valence-corrected chi connectivity index (χ2v) is 8.19. The maximum Gasteiger partial charge on any atom is 0.194 e. The van der Waals surface area contributed by atoms with E-state index in [0.717, 1.165) is 43.6 Å². The molecule has 1 unspecified atom stereocenters. The lowest BCUT2D eigenvalue weighted by atomic mass is 10.1. The maximum absolute atomic E-state index is 5.75. The summed E-state index contributed by atoms with van der Waals surface area (Å²) >= 11 is 0. The molecule has 0 spiro atoms. The number of hydrogen-bond donors (Lipinski definition) is 1. The predicted molar refractivity (Wildman–Crippen MR) is 132 cm³/mol. The van der Waals surface area contributed by atoms with Gasteiger partial charge in [-0.3, -0.25) is 14.6 Å². The summed E-state index contributed by atoms with van der Waals surface area (Å²) in [6, 6.07) is 4.23. The molecule has 1 aliphatic heterocycles. The van der Waals surface area contributed by atoms with E-state index in [0.29, 0.717) is 12.5 Å². The zero-order valence-corrected chi connectivity index (χ0v) is 21.3. The Morgan fingerprint density at radius 2 is 2.07 bits per heavy atom. The highest BCUT2D eigenvalue weighted by atomic mass is 127. The van der Waals surface area contributed by atoms with Gasteiger partial charge in [0.15, 0.2) is 5.96 Å². The van der Waals surface area contributed by atoms with Gasteiger partial charge in [0.05, 0.1) is 24.5 Å². The number of aryl methyl sites for hydroxylation is 1. The molecule has 0 radical (unpaired) electrons. The molecular weight excluding hydrogens is 491 g/mol. The van der Waals surface area contributed by atoms with Crippen LogP contribution < -0.4 is 5.32 Å². The van der Waals surface area contributed by atoms with E-state index in [2.05, 4.69) is 60.3 Å². The van der Waals surface area contributed by atoms with Crippen molar-refractivity contribution >= 4 is 29.9 Å². The van der Waals surface area contributed by atoms with Crippen molar-refractivity contribution in [3.8, 4) is 0 Å². The van der Waals surface area contributed by atoms with Crippen LogP contribution >= 0.6 is 24.0 Å². The van der Waals surface area contributed by atoms with Crippen LogP contribution in [0.3, 0.4) is 0 Å². The number of hydrogen-bond acceptors (Lipinski definition) is 4. The summed E-state index contributed by atoms with van der Waals surface area (Å²) in [5.41, 5.74) is 2.40. The van der Waals surface area contributed by atoms with Gasteiger partial charge in [-0.2, -0.15) is 5.10 Å². The van der Waals surface area contributed by atoms with Crippen molar-refractivity contribution in [2.75, 3.05) is 33.2 Å². The zero-order valence-electron chi connectivity index (χ0n) is 19.0. The van der Waals surface area contributed by atoms with Gasteiger partial charge >= 0.3 is 0 Å². The Balaban J connectivity index is 0.00000320. The predicted octanol–water partition coefficient (Wildman–Crippen LogP) is 3.99. The molecule has 0 aromatic carbocycles. The first kappa shape index (κ1) is 24.7. The molecular formula is C22H37IN6O. The van der Waals surface area contributed by atoms with E-state index in [4.69, 9.17) is 9.41 Å². The number of nitrogens with one attached hydrogen (secondary N) is 1. The van der Waals surface area contributed by atoms with Gasteiger partial charge in [0.2, 0.25) is 0 Å². The molecule has 0 bridgehead atoms. The Labute approximate surface area is 197 Å². The number of guanidine groups is 1. The molecule has 1 saturated heterocycles. The fourth-order valence-corrected chi connectivity index (χ4v) is 4.06. The third-order valence-corrected chi connectivity index (χ3v) is 5.46. The first-order valence-corrected chi connectivity index (χ1v) is 10.8. The molecule has 3 rings (SSSR count). The van der Waals surface area contributed by atoms with Crippen molar-refractivity contribution in [3.63, 3.8) is 0 Å². The molecule has 1 fully saturated rings. The molecule has 1 N–H and O–H groups in total. The lowest BCUT2D eigenvalue weighted by molar-refractivity contribution is 0.220. The zero-order chi connectivity index (χ0) is 20.8. The van der Waals surface area contributed by atoms with Crippen LogP contribution in [0.2, 0.25) is 0 Å². The molecule has 30 heavy (non-hydrogen) atoms. The van der Waals surface area contributed by atoms with Crippen molar-refractivity contribution in [1.29, 1.82) is 0 Å². The first-order valence-electron chi connectivity index (χ1n) is 10.8. The second-order valence-electron chi connectivity index (χ2n) is 8.19. The molecule has 0 aliphatic carbocycles. The molecule has 3 heterocycles. The summed E-state index contributed by atoms with van der Waals surface area (Å²) < 4.78 is 7.65. The molecule has 1 aliphatic rings. The number of rotatable bonds is 8. The summed E-state index contributed by atoms with van der Waals surface area (Å²) in [5, 5.41) is 8.09. The number of halogens is 1. The van der Waals surface area contributed by atoms with Crippen LogP contribution in [0.15, 0.2) is 34.0 Å². The SMILES string of the molecule is CCNC(=NCC(c1ccco1)N1CCCC1)N(C)Cc1cn(C)nc1C(C)C.I. The number of likely N-dealkylation sites (tertiary alicyclic amines) is 1. The van der Waals surface area contributed by atoms with Crippen molar-refractivity contribution < 1.29 is 4.42 Å². The van der Waals surface area contributed by atoms with E-state index in [1.165, 1.54) is 18.4 Å². The molecule has 168 valence electrons. The summed E-state index contributed by atoms with van der Waals surface area (Å²) in [6.45, 7) is 11.0. The summed E-state index contributed by atoms with van der Waals surface area (Å²) in [5.74, 6) is 2.32. The first-order chi connectivity index (χ1) is 14.0. The number of aliphatic imine (C=N–C) groups is 1. The van der Waals surface area contributed by atoms with Crippen LogP contribution in [0.25, 0.3) is 0 Å². The highest BCUT2D eigenvalue weighted by Crippen LogP contribution is 2.26. The van der Waals surface area contributed by atoms with Gasteiger partial charge in [-0.15, -0.1) is 24.0 Å². The Hall–Kier alpha value is -1.55. The topological polar surface area (TPSA) is 61.8 Å². The quantitative estimate of drug-likeness (QED) is 0.319. The van der Waals surface area contributed by atoms with E-state index in [1.54, 1.807) is 6.26 Å². The van der Waals surface area contributed by atoms with Gasteiger partial charge in [0.25, 0.3) is 0 Å². The molecule has 1 atom stereocenters. The molecule has 8 heteroatoms. The minimum absolute atomic E-state index is 0. The Morgan fingerprint density at radius 3 is 2.67 bits per heavy atom. The maximum atomic E-state index is 5.75. The van der Waals surface area contributed by atoms with E-state index < -0.39 is 0 Å². The normalized spacial score (nSPS) is 16.0. The van der Waals surface area contributed by atoms with Gasteiger partial charge in [-0.1, -0.05) is 13.8 Å². The lowest BCUT2D eigenvalue weighted by Crippen LogP contribution is -2.39. The average Bonchev–Trinajstić information content (AvgIpc) is 3.43. The van der Waals surface area contributed by atoms with E-state index in [1.807, 2.05) is 17.8 Å². The summed E-state index contributed by atoms with van der Waals surface area (Å²) in [7, 11) is 4.08. The van der Waals surface area contributed by atoms with Crippen molar-refractivity contribution in [3.05, 3.63) is 41.6 Å². The van der Waals surface area contributed by atoms with Crippen LogP contribution in [0.5, 0.6) is 0 Å². The Morgan fingerprint density at radius 1 is 1.33 bits per heavy atom. The minimum atomic E-state index is 0. The monoisotopic (exact) mass is 528 g/mol. The molecule has 7 nitrogen and oxygen atoms in total. The number of furan rings is 1. The van der Waals surface area contributed by atoms with Crippen LogP contribution in [0, 0.1) is 0 Å². The summed E-state index contributed by atoms with van der Waals surface area (Å²) in [4.78, 5) is 9.67. The van der Waals surface area contributed by atoms with Crippen molar-refractivity contribution in [1.82, 2.24) is 24.9 Å². The van der Waals surface area contributed by atoms with Crippen LogP contribution in [-0.2, 0) is 13.6 Å². The average molecular weight is 528 g/mol. The highest BCUT2D eigenvalue weighted by molar-refractivity contribution is 14.0. The smallest absolute Gasteiger partial charge is 0.194 e. The highest BCUT2D eigenvalue weighted by Gasteiger charge is 2.25. The van der Waals surface area contributed by atoms with Crippen LogP contribution in [0.4, 0.5) is 0 Å². The van der Waals surface area contributed by atoms with Gasteiger partial charge < -0.3 is 14.6 Å². The fraction of sp³-hybridized carbons (Fsp3) is 0.636. The Kier molecular flexibility index (Phi) is 9.67. The molecule has 2 aromatic heterocycles. The third-order valence-electron chi connectivity index (χ3n) is 5.46. The minimum Gasteiger partial charge on any atom is -0.468 e. The second kappa shape index (κ2) is 11.7. The number of aromatic nitrogens is 2. The lowest BCUT2D eigenvalue weighted by Gasteiger charge is -2.26. The summed E-state index contributed by atoms with van der Waals surface area (Å²) in [6.07, 6.45) is 6.38. The molecule has 0 amide bonds. The van der Waals surface area contributed by atoms with Gasteiger partial charge in [-0.05, 0) is 50.9 Å². The van der Waals surface area contributed by atoms with E-state index >= 15 is 0 Å². The fourth-order valence-electron chi connectivity index (χ4n) is 4.06. The standard InChI is InChI=1S/C22H36N6O.HI/c1-6-23-22(26(4)15-18-16-27(5)25-21(18)17(2)3)24-14-19(20-10-9-13-29-20)28-11-7-8-12-28;/h9-10,13,16-17,19H,6-8,11-12,14-15H2,1-5H3,(H,23,24);1H. The molecule has 0 saturated carbocycles. The van der Waals surface area contributed by atoms with Crippen LogP contribution in [0.1, 0.15) is 62.6 Å². The third kappa shape index (κ3) is 6.23. The van der Waals surface area contributed by atoms with Crippen molar-refractivity contribution in [2.45, 2.75) is 52.1 Å². The van der Waals surface area contributed by atoms with Gasteiger partial charge in [0, 0.05) is 38.9 Å². The van der Waals surface area contributed by atoms with E-state index in [-0.39, 0.29) is 30.0 Å². The van der Waals surface area contributed by atoms with Gasteiger partial charge in [0.1, 0.15) is 5.76 Å². The van der Waals surface area contributed by atoms with E-state index in [9.17, 15) is 0 Å². The number of nitrogens with zero attached hydrogens (tertiary/aromatic N) is 5. The van der Waals surface area contributed by atoms with Crippen LogP contribution in [-0.4, -0.2) is 58.8 Å². The largest absolute Gasteiger partial charge is 0.468 e.